The Hall–Kier alpha value is -0.790. The summed E-state index contributed by atoms with van der Waals surface area (Å²) in [6.07, 6.45) is 8.66. The Bertz CT molecular complexity index is 218. The van der Waals surface area contributed by atoms with Crippen molar-refractivity contribution in [2.45, 2.75) is 46.0 Å². The third-order valence-corrected chi connectivity index (χ3v) is 2.57. The van der Waals surface area contributed by atoms with E-state index in [1.165, 1.54) is 44.6 Å². The molecule has 1 aliphatic rings. The van der Waals surface area contributed by atoms with E-state index in [1.54, 1.807) is 0 Å². The molecule has 0 saturated heterocycles. The highest BCUT2D eigenvalue weighted by Gasteiger charge is 2.24. The maximum atomic E-state index is 10.5. The van der Waals surface area contributed by atoms with Gasteiger partial charge in [-0.25, -0.2) is 0 Å². The fourth-order valence-electron chi connectivity index (χ4n) is 1.60. The molecule has 0 aromatic heterocycles. The molecule has 0 aliphatic heterocycles. The summed E-state index contributed by atoms with van der Waals surface area (Å²) in [5.41, 5.74) is 1.49. The van der Waals surface area contributed by atoms with E-state index in [4.69, 9.17) is 4.74 Å². The maximum Gasteiger partial charge on any atom is 0.302 e. The smallest absolute Gasteiger partial charge is 0.302 e. The Morgan fingerprint density at radius 3 is 2.86 bits per heavy atom. The molecular formula is C12H20O2. The van der Waals surface area contributed by atoms with Crippen molar-refractivity contribution in [3.8, 4) is 0 Å². The highest BCUT2D eigenvalue weighted by atomic mass is 16.5. The van der Waals surface area contributed by atoms with Gasteiger partial charge in [-0.1, -0.05) is 37.8 Å². The number of rotatable bonds is 7. The van der Waals surface area contributed by atoms with Crippen molar-refractivity contribution in [1.29, 1.82) is 0 Å². The van der Waals surface area contributed by atoms with Crippen LogP contribution in [0.15, 0.2) is 11.6 Å². The molecule has 1 aliphatic carbocycles. The van der Waals surface area contributed by atoms with Crippen molar-refractivity contribution in [1.82, 2.24) is 0 Å². The van der Waals surface area contributed by atoms with Crippen molar-refractivity contribution in [3.05, 3.63) is 11.6 Å². The lowest BCUT2D eigenvalue weighted by Gasteiger charge is -2.01. The van der Waals surface area contributed by atoms with Crippen LogP contribution in [0, 0.1) is 5.92 Å². The van der Waals surface area contributed by atoms with Gasteiger partial charge in [0.25, 0.3) is 0 Å². The van der Waals surface area contributed by atoms with E-state index in [2.05, 4.69) is 13.0 Å². The van der Waals surface area contributed by atoms with Gasteiger partial charge in [0.05, 0.1) is 0 Å². The Balaban J connectivity index is 1.92. The highest BCUT2D eigenvalue weighted by molar-refractivity contribution is 5.66. The molecular weight excluding hydrogens is 176 g/mol. The lowest BCUT2D eigenvalue weighted by Crippen LogP contribution is -2.03. The molecule has 0 bridgehead atoms. The largest absolute Gasteiger partial charge is 0.465 e. The van der Waals surface area contributed by atoms with Crippen LogP contribution in [0.1, 0.15) is 46.0 Å². The van der Waals surface area contributed by atoms with Gasteiger partial charge in [-0.2, -0.15) is 0 Å². The van der Waals surface area contributed by atoms with Gasteiger partial charge in [0, 0.05) is 12.8 Å². The second kappa shape index (κ2) is 5.84. The van der Waals surface area contributed by atoms with Gasteiger partial charge >= 0.3 is 5.97 Å². The SMILES string of the molecule is CCCCCCC1=CC1COC(C)=O. The van der Waals surface area contributed by atoms with Gasteiger partial charge in [0.2, 0.25) is 0 Å². The molecule has 0 fully saturated rings. The van der Waals surface area contributed by atoms with E-state index in [1.807, 2.05) is 0 Å². The number of carbonyl (C=O) groups excluding carboxylic acids is 1. The Labute approximate surface area is 86.3 Å². The molecule has 1 rings (SSSR count). The average Bonchev–Trinajstić information content (AvgIpc) is 2.88. The first-order valence-corrected chi connectivity index (χ1v) is 5.58. The molecule has 0 amide bonds. The van der Waals surface area contributed by atoms with Gasteiger partial charge in [-0.05, 0) is 12.8 Å². The zero-order chi connectivity index (χ0) is 10.4. The van der Waals surface area contributed by atoms with E-state index in [0.717, 1.165) is 0 Å². The van der Waals surface area contributed by atoms with Crippen molar-refractivity contribution < 1.29 is 9.53 Å². The van der Waals surface area contributed by atoms with Crippen molar-refractivity contribution >= 4 is 5.97 Å². The number of unbranched alkanes of at least 4 members (excludes halogenated alkanes) is 3. The average molecular weight is 196 g/mol. The third-order valence-electron chi connectivity index (χ3n) is 2.57. The lowest BCUT2D eigenvalue weighted by molar-refractivity contribution is -0.141. The minimum atomic E-state index is -0.171. The first-order chi connectivity index (χ1) is 6.74. The van der Waals surface area contributed by atoms with Crippen LogP contribution >= 0.6 is 0 Å². The molecule has 1 atom stereocenters. The zero-order valence-corrected chi connectivity index (χ0v) is 9.21. The lowest BCUT2D eigenvalue weighted by atomic mass is 10.1. The fourth-order valence-corrected chi connectivity index (χ4v) is 1.60. The quantitative estimate of drug-likeness (QED) is 0.355. The van der Waals surface area contributed by atoms with Crippen LogP contribution in [-0.2, 0) is 9.53 Å². The van der Waals surface area contributed by atoms with Gasteiger partial charge in [-0.3, -0.25) is 4.79 Å². The molecule has 0 saturated carbocycles. The minimum absolute atomic E-state index is 0.171. The van der Waals surface area contributed by atoms with Crippen LogP contribution in [0.5, 0.6) is 0 Å². The summed E-state index contributed by atoms with van der Waals surface area (Å²) in [6.45, 7) is 4.25. The first-order valence-electron chi connectivity index (χ1n) is 5.58. The molecule has 0 aromatic rings. The molecule has 14 heavy (non-hydrogen) atoms. The number of esters is 1. The first kappa shape index (κ1) is 11.3. The van der Waals surface area contributed by atoms with Gasteiger partial charge < -0.3 is 4.74 Å². The van der Waals surface area contributed by atoms with E-state index < -0.39 is 0 Å². The minimum Gasteiger partial charge on any atom is -0.465 e. The predicted octanol–water partition coefficient (Wildman–Crippen LogP) is 3.08. The van der Waals surface area contributed by atoms with E-state index in [-0.39, 0.29) is 5.97 Å². The van der Waals surface area contributed by atoms with Gasteiger partial charge in [-0.15, -0.1) is 0 Å². The summed E-state index contributed by atoms with van der Waals surface area (Å²) in [4.78, 5) is 10.5. The van der Waals surface area contributed by atoms with Crippen molar-refractivity contribution in [3.63, 3.8) is 0 Å². The van der Waals surface area contributed by atoms with Crippen LogP contribution in [0.2, 0.25) is 0 Å². The standard InChI is InChI=1S/C12H20O2/c1-3-4-5-6-7-11-8-12(11)9-14-10(2)13/h8,12H,3-7,9H2,1-2H3. The summed E-state index contributed by atoms with van der Waals surface area (Å²) in [7, 11) is 0. The van der Waals surface area contributed by atoms with Crippen LogP contribution in [0.3, 0.4) is 0 Å². The molecule has 0 N–H and O–H groups in total. The van der Waals surface area contributed by atoms with E-state index in [9.17, 15) is 4.79 Å². The topological polar surface area (TPSA) is 26.3 Å². The van der Waals surface area contributed by atoms with E-state index in [0.29, 0.717) is 12.5 Å². The van der Waals surface area contributed by atoms with Crippen LogP contribution in [0.4, 0.5) is 0 Å². The Kier molecular flexibility index (Phi) is 4.71. The Morgan fingerprint density at radius 1 is 1.43 bits per heavy atom. The molecule has 0 aromatic carbocycles. The summed E-state index contributed by atoms with van der Waals surface area (Å²) in [5, 5.41) is 0. The summed E-state index contributed by atoms with van der Waals surface area (Å²) >= 11 is 0. The predicted molar refractivity (Wildman–Crippen MR) is 57.0 cm³/mol. The molecule has 2 heteroatoms. The zero-order valence-electron chi connectivity index (χ0n) is 9.21. The number of ether oxygens (including phenoxy) is 1. The van der Waals surface area contributed by atoms with Crippen LogP contribution in [-0.4, -0.2) is 12.6 Å². The number of carbonyl (C=O) groups is 1. The van der Waals surface area contributed by atoms with Crippen molar-refractivity contribution in [2.24, 2.45) is 5.92 Å². The summed E-state index contributed by atoms with van der Waals surface area (Å²) < 4.78 is 4.93. The highest BCUT2D eigenvalue weighted by Crippen LogP contribution is 2.33. The molecule has 2 nitrogen and oxygen atoms in total. The summed E-state index contributed by atoms with van der Waals surface area (Å²) in [6, 6.07) is 0. The molecule has 0 heterocycles. The Morgan fingerprint density at radius 2 is 2.21 bits per heavy atom. The molecule has 1 unspecified atom stereocenters. The molecule has 0 radical (unpaired) electrons. The van der Waals surface area contributed by atoms with Crippen LogP contribution < -0.4 is 0 Å². The second-order valence-electron chi connectivity index (χ2n) is 3.96. The number of hydrogen-bond acceptors (Lipinski definition) is 2. The van der Waals surface area contributed by atoms with Crippen LogP contribution in [0.25, 0.3) is 0 Å². The van der Waals surface area contributed by atoms with Gasteiger partial charge in [0.1, 0.15) is 6.61 Å². The molecule has 80 valence electrons. The molecule has 0 spiro atoms. The number of hydrogen-bond donors (Lipinski definition) is 0. The third kappa shape index (κ3) is 4.45. The summed E-state index contributed by atoms with van der Waals surface area (Å²) in [5.74, 6) is 0.302. The normalized spacial score (nSPS) is 19.0. The monoisotopic (exact) mass is 196 g/mol. The van der Waals surface area contributed by atoms with Gasteiger partial charge in [0.15, 0.2) is 0 Å². The fraction of sp³-hybridized carbons (Fsp3) is 0.750. The van der Waals surface area contributed by atoms with Crippen molar-refractivity contribution in [2.75, 3.05) is 6.61 Å². The van der Waals surface area contributed by atoms with E-state index >= 15 is 0 Å². The maximum absolute atomic E-state index is 10.5. The second-order valence-corrected chi connectivity index (χ2v) is 3.96.